The highest BCUT2D eigenvalue weighted by atomic mass is 35.5. The molecule has 8 heteroatoms. The van der Waals surface area contributed by atoms with Crippen LogP contribution in [0.4, 0.5) is 14.5 Å². The molecule has 0 aliphatic carbocycles. The van der Waals surface area contributed by atoms with Crippen LogP contribution >= 0.6 is 11.6 Å². The largest absolute Gasteiger partial charge is 0.278 e. The zero-order valence-corrected chi connectivity index (χ0v) is 11.8. The fourth-order valence-corrected chi connectivity index (χ4v) is 2.73. The zero-order chi connectivity index (χ0) is 14.9. The minimum Gasteiger partial charge on any atom is -0.278 e. The number of pyridine rings is 1. The number of hydrogen-bond donors (Lipinski definition) is 1. The van der Waals surface area contributed by atoms with Gasteiger partial charge in [0.1, 0.15) is 21.7 Å². The van der Waals surface area contributed by atoms with E-state index in [-0.39, 0.29) is 10.8 Å². The minimum absolute atomic E-state index is 0.107. The number of benzene rings is 1. The standard InChI is InChI=1S/C12H9ClF2N2O2S/c1-7-4-9(6-16-12(7)13)17-20(18,19)11-5-8(14)2-3-10(11)15/h2-6,17H,1H3. The van der Waals surface area contributed by atoms with Crippen LogP contribution in [-0.2, 0) is 10.0 Å². The van der Waals surface area contributed by atoms with E-state index < -0.39 is 26.6 Å². The van der Waals surface area contributed by atoms with Gasteiger partial charge in [0.2, 0.25) is 0 Å². The van der Waals surface area contributed by atoms with Gasteiger partial charge in [-0.15, -0.1) is 0 Å². The van der Waals surface area contributed by atoms with Gasteiger partial charge in [-0.25, -0.2) is 22.2 Å². The Bertz CT molecular complexity index is 766. The molecule has 0 atom stereocenters. The highest BCUT2D eigenvalue weighted by molar-refractivity contribution is 7.92. The lowest BCUT2D eigenvalue weighted by Crippen LogP contribution is -2.15. The lowest BCUT2D eigenvalue weighted by molar-refractivity contribution is 0.555. The summed E-state index contributed by atoms with van der Waals surface area (Å²) in [4.78, 5) is 2.99. The number of halogens is 3. The van der Waals surface area contributed by atoms with Crippen molar-refractivity contribution in [2.75, 3.05) is 4.72 Å². The number of aryl methyl sites for hydroxylation is 1. The van der Waals surface area contributed by atoms with E-state index in [2.05, 4.69) is 9.71 Å². The molecule has 0 radical (unpaired) electrons. The SMILES string of the molecule is Cc1cc(NS(=O)(=O)c2cc(F)ccc2F)cnc1Cl. The fourth-order valence-electron chi connectivity index (χ4n) is 1.51. The van der Waals surface area contributed by atoms with Gasteiger partial charge in [-0.3, -0.25) is 4.72 Å². The van der Waals surface area contributed by atoms with Crippen molar-refractivity contribution < 1.29 is 17.2 Å². The van der Waals surface area contributed by atoms with Crippen LogP contribution < -0.4 is 4.72 Å². The van der Waals surface area contributed by atoms with Gasteiger partial charge in [0.05, 0.1) is 11.9 Å². The van der Waals surface area contributed by atoms with Gasteiger partial charge in [-0.1, -0.05) is 11.6 Å². The predicted octanol–water partition coefficient (Wildman–Crippen LogP) is 3.12. The Morgan fingerprint density at radius 3 is 2.60 bits per heavy atom. The topological polar surface area (TPSA) is 59.1 Å². The zero-order valence-electron chi connectivity index (χ0n) is 10.2. The molecule has 1 aromatic carbocycles. The lowest BCUT2D eigenvalue weighted by Gasteiger charge is -2.09. The predicted molar refractivity (Wildman–Crippen MR) is 71.2 cm³/mol. The van der Waals surface area contributed by atoms with Crippen molar-refractivity contribution >= 4 is 27.3 Å². The van der Waals surface area contributed by atoms with Gasteiger partial charge in [0, 0.05) is 0 Å². The average Bonchev–Trinajstić information content (AvgIpc) is 2.36. The summed E-state index contributed by atoms with van der Waals surface area (Å²) in [6, 6.07) is 3.62. The number of rotatable bonds is 3. The van der Waals surface area contributed by atoms with E-state index in [1.165, 1.54) is 12.3 Å². The molecular weight excluding hydrogens is 310 g/mol. The van der Waals surface area contributed by atoms with Crippen molar-refractivity contribution in [1.82, 2.24) is 4.98 Å². The van der Waals surface area contributed by atoms with Crippen molar-refractivity contribution in [3.63, 3.8) is 0 Å². The van der Waals surface area contributed by atoms with E-state index in [0.717, 1.165) is 12.1 Å². The number of nitrogens with zero attached hydrogens (tertiary/aromatic N) is 1. The molecule has 2 aromatic rings. The summed E-state index contributed by atoms with van der Waals surface area (Å²) in [7, 11) is -4.24. The van der Waals surface area contributed by atoms with Crippen molar-refractivity contribution in [2.45, 2.75) is 11.8 Å². The third-order valence-electron chi connectivity index (χ3n) is 2.45. The van der Waals surface area contributed by atoms with E-state index in [0.29, 0.717) is 11.6 Å². The van der Waals surface area contributed by atoms with Crippen molar-refractivity contribution in [3.8, 4) is 0 Å². The van der Waals surface area contributed by atoms with Crippen LogP contribution in [0.15, 0.2) is 35.4 Å². The summed E-state index contributed by atoms with van der Waals surface area (Å²) in [6.07, 6.45) is 1.18. The molecule has 0 saturated carbocycles. The van der Waals surface area contributed by atoms with Crippen LogP contribution in [-0.4, -0.2) is 13.4 Å². The van der Waals surface area contributed by atoms with Gasteiger partial charge in [-0.2, -0.15) is 0 Å². The maximum atomic E-state index is 13.5. The van der Waals surface area contributed by atoms with Crippen LogP contribution in [0.2, 0.25) is 5.15 Å². The molecule has 1 heterocycles. The van der Waals surface area contributed by atoms with Crippen molar-refractivity contribution in [1.29, 1.82) is 0 Å². The van der Waals surface area contributed by atoms with Crippen LogP contribution in [0.3, 0.4) is 0 Å². The van der Waals surface area contributed by atoms with Gasteiger partial charge in [-0.05, 0) is 36.8 Å². The second-order valence-corrected chi connectivity index (χ2v) is 6.02. The molecule has 0 aliphatic heterocycles. The number of nitrogens with one attached hydrogen (secondary N) is 1. The van der Waals surface area contributed by atoms with Gasteiger partial charge in [0.25, 0.3) is 10.0 Å². The Balaban J connectivity index is 2.40. The van der Waals surface area contributed by atoms with Gasteiger partial charge < -0.3 is 0 Å². The second-order valence-electron chi connectivity index (χ2n) is 4.01. The van der Waals surface area contributed by atoms with Crippen molar-refractivity contribution in [3.05, 3.63) is 52.8 Å². The molecule has 0 bridgehead atoms. The minimum atomic E-state index is -4.24. The first-order valence-electron chi connectivity index (χ1n) is 5.39. The van der Waals surface area contributed by atoms with Crippen molar-refractivity contribution in [2.24, 2.45) is 0 Å². The summed E-state index contributed by atoms with van der Waals surface area (Å²) < 4.78 is 52.6. The Hall–Kier alpha value is -1.73. The Morgan fingerprint density at radius 2 is 1.95 bits per heavy atom. The highest BCUT2D eigenvalue weighted by Crippen LogP contribution is 2.21. The van der Waals surface area contributed by atoms with Crippen LogP contribution in [0, 0.1) is 18.6 Å². The van der Waals surface area contributed by atoms with E-state index in [9.17, 15) is 17.2 Å². The summed E-state index contributed by atoms with van der Waals surface area (Å²) in [5.74, 6) is -1.89. The lowest BCUT2D eigenvalue weighted by atomic mass is 10.3. The fraction of sp³-hybridized carbons (Fsp3) is 0.0833. The molecule has 2 rings (SSSR count). The molecule has 0 amide bonds. The molecule has 106 valence electrons. The van der Waals surface area contributed by atoms with E-state index >= 15 is 0 Å². The van der Waals surface area contributed by atoms with E-state index in [1.807, 2.05) is 0 Å². The number of hydrogen-bond acceptors (Lipinski definition) is 3. The first-order valence-corrected chi connectivity index (χ1v) is 7.26. The van der Waals surface area contributed by atoms with Gasteiger partial charge >= 0.3 is 0 Å². The first-order chi connectivity index (χ1) is 9.29. The number of sulfonamides is 1. The smallest absolute Gasteiger partial charge is 0.264 e. The summed E-state index contributed by atoms with van der Waals surface area (Å²) >= 11 is 5.72. The third-order valence-corrected chi connectivity index (χ3v) is 4.24. The summed E-state index contributed by atoms with van der Waals surface area (Å²) in [5, 5.41) is 0.227. The Morgan fingerprint density at radius 1 is 1.25 bits per heavy atom. The third kappa shape index (κ3) is 3.05. The Labute approximate surface area is 119 Å². The maximum Gasteiger partial charge on any atom is 0.264 e. The highest BCUT2D eigenvalue weighted by Gasteiger charge is 2.20. The van der Waals surface area contributed by atoms with Crippen LogP contribution in [0.25, 0.3) is 0 Å². The normalized spacial score (nSPS) is 11.4. The van der Waals surface area contributed by atoms with Gasteiger partial charge in [0.15, 0.2) is 0 Å². The summed E-state index contributed by atoms with van der Waals surface area (Å²) in [6.45, 7) is 1.63. The number of aromatic nitrogens is 1. The molecule has 0 fully saturated rings. The van der Waals surface area contributed by atoms with E-state index in [1.54, 1.807) is 6.92 Å². The molecule has 4 nitrogen and oxygen atoms in total. The van der Waals surface area contributed by atoms with E-state index in [4.69, 9.17) is 11.6 Å². The molecule has 0 aliphatic rings. The quantitative estimate of drug-likeness (QED) is 0.885. The maximum absolute atomic E-state index is 13.5. The molecule has 1 N–H and O–H groups in total. The molecular formula is C12H9ClF2N2O2S. The first kappa shape index (κ1) is 14.7. The molecule has 0 unspecified atom stereocenters. The summed E-state index contributed by atoms with van der Waals surface area (Å²) in [5.41, 5.74) is 0.655. The molecule has 1 aromatic heterocycles. The molecule has 20 heavy (non-hydrogen) atoms. The number of anilines is 1. The molecule has 0 saturated heterocycles. The second kappa shape index (κ2) is 5.34. The van der Waals surface area contributed by atoms with Crippen LogP contribution in [0.1, 0.15) is 5.56 Å². The van der Waals surface area contributed by atoms with Crippen LogP contribution in [0.5, 0.6) is 0 Å². The monoisotopic (exact) mass is 318 g/mol. The Kier molecular flexibility index (Phi) is 3.92. The average molecular weight is 319 g/mol. The molecule has 0 spiro atoms.